The van der Waals surface area contributed by atoms with E-state index in [1.165, 1.54) is 5.56 Å². The fourth-order valence-corrected chi connectivity index (χ4v) is 3.24. The Morgan fingerprint density at radius 2 is 1.85 bits per heavy atom. The van der Waals surface area contributed by atoms with Crippen molar-refractivity contribution >= 4 is 28.5 Å². The molecule has 3 aromatic rings. The van der Waals surface area contributed by atoms with Crippen molar-refractivity contribution in [2.45, 2.75) is 19.9 Å². The number of carbonyl (C=O) groups is 1. The quantitative estimate of drug-likeness (QED) is 0.705. The summed E-state index contributed by atoms with van der Waals surface area (Å²) in [7, 11) is 4.01. The monoisotopic (exact) mass is 370 g/mol. The maximum atomic E-state index is 12.7. The molecule has 1 N–H and O–H groups in total. The molecule has 5 heteroatoms. The molecule has 1 amide bonds. The molecule has 0 radical (unpaired) electrons. The molecule has 0 spiro atoms. The Morgan fingerprint density at radius 1 is 1.15 bits per heavy atom. The summed E-state index contributed by atoms with van der Waals surface area (Å²) < 4.78 is 5.75. The first-order valence-corrected chi connectivity index (χ1v) is 8.94. The predicted molar refractivity (Wildman–Crippen MR) is 106 cm³/mol. The summed E-state index contributed by atoms with van der Waals surface area (Å²) in [6.07, 6.45) is 0. The Morgan fingerprint density at radius 3 is 2.50 bits per heavy atom. The predicted octanol–water partition coefficient (Wildman–Crippen LogP) is 4.74. The van der Waals surface area contributed by atoms with Gasteiger partial charge in [-0.05, 0) is 51.7 Å². The van der Waals surface area contributed by atoms with Gasteiger partial charge in [-0.2, -0.15) is 0 Å². The van der Waals surface area contributed by atoms with Crippen molar-refractivity contribution in [3.8, 4) is 0 Å². The van der Waals surface area contributed by atoms with Crippen molar-refractivity contribution in [3.63, 3.8) is 0 Å². The maximum absolute atomic E-state index is 12.7. The number of hydrogen-bond donors (Lipinski definition) is 1. The molecular weight excluding hydrogens is 348 g/mol. The molecule has 3 rings (SSSR count). The fourth-order valence-electron chi connectivity index (χ4n) is 3.07. The highest BCUT2D eigenvalue weighted by molar-refractivity contribution is 6.31. The molecular formula is C21H23ClN2O2. The zero-order valence-corrected chi connectivity index (χ0v) is 16.2. The minimum absolute atomic E-state index is 0.0821. The summed E-state index contributed by atoms with van der Waals surface area (Å²) in [5.74, 6) is 0.123. The van der Waals surface area contributed by atoms with Gasteiger partial charge in [0.1, 0.15) is 5.58 Å². The van der Waals surface area contributed by atoms with Crippen molar-refractivity contribution < 1.29 is 9.21 Å². The Labute approximate surface area is 158 Å². The zero-order valence-electron chi connectivity index (χ0n) is 15.5. The average Bonchev–Trinajstić information content (AvgIpc) is 2.93. The van der Waals surface area contributed by atoms with E-state index in [2.05, 4.69) is 41.4 Å². The van der Waals surface area contributed by atoms with Gasteiger partial charge in [0.05, 0.1) is 6.04 Å². The van der Waals surface area contributed by atoms with Crippen LogP contribution in [0.25, 0.3) is 11.0 Å². The number of nitrogens with zero attached hydrogens (tertiary/aromatic N) is 1. The van der Waals surface area contributed by atoms with Gasteiger partial charge >= 0.3 is 0 Å². The third-order valence-corrected chi connectivity index (χ3v) is 4.88. The first kappa shape index (κ1) is 18.5. The first-order chi connectivity index (χ1) is 12.4. The van der Waals surface area contributed by atoms with Crippen LogP contribution >= 0.6 is 11.6 Å². The molecule has 0 unspecified atom stereocenters. The number of aryl methyl sites for hydroxylation is 2. The third-order valence-electron chi connectivity index (χ3n) is 4.65. The molecule has 0 bridgehead atoms. The maximum Gasteiger partial charge on any atom is 0.287 e. The van der Waals surface area contributed by atoms with Gasteiger partial charge in [0, 0.05) is 22.5 Å². The number of rotatable bonds is 5. The summed E-state index contributed by atoms with van der Waals surface area (Å²) in [4.78, 5) is 14.8. The Balaban J connectivity index is 1.78. The second-order valence-corrected chi connectivity index (χ2v) is 7.23. The van der Waals surface area contributed by atoms with Crippen LogP contribution in [0.4, 0.5) is 0 Å². The number of nitrogens with one attached hydrogen (secondary N) is 1. The number of carbonyl (C=O) groups excluding carboxylic acids is 1. The normalized spacial score (nSPS) is 12.5. The number of likely N-dealkylation sites (N-methyl/N-ethyl adjacent to an activating group) is 1. The Hall–Kier alpha value is -2.30. The van der Waals surface area contributed by atoms with Gasteiger partial charge in [0.25, 0.3) is 5.91 Å². The zero-order chi connectivity index (χ0) is 18.8. The van der Waals surface area contributed by atoms with E-state index in [0.717, 1.165) is 16.5 Å². The number of hydrogen-bond acceptors (Lipinski definition) is 3. The van der Waals surface area contributed by atoms with E-state index in [0.29, 0.717) is 22.9 Å². The summed E-state index contributed by atoms with van der Waals surface area (Å²) in [6.45, 7) is 4.43. The highest BCUT2D eigenvalue weighted by Gasteiger charge is 2.20. The highest BCUT2D eigenvalue weighted by Crippen LogP contribution is 2.28. The van der Waals surface area contributed by atoms with Crippen molar-refractivity contribution in [3.05, 3.63) is 69.9 Å². The molecule has 4 nitrogen and oxygen atoms in total. The van der Waals surface area contributed by atoms with Crippen molar-refractivity contribution in [1.82, 2.24) is 10.2 Å². The van der Waals surface area contributed by atoms with E-state index in [1.54, 1.807) is 12.1 Å². The lowest BCUT2D eigenvalue weighted by molar-refractivity contribution is 0.0915. The van der Waals surface area contributed by atoms with Crippen LogP contribution in [0.1, 0.15) is 33.3 Å². The van der Waals surface area contributed by atoms with Gasteiger partial charge < -0.3 is 14.6 Å². The van der Waals surface area contributed by atoms with Gasteiger partial charge in [-0.15, -0.1) is 0 Å². The van der Waals surface area contributed by atoms with E-state index in [1.807, 2.05) is 27.1 Å². The van der Waals surface area contributed by atoms with E-state index < -0.39 is 0 Å². The summed E-state index contributed by atoms with van der Waals surface area (Å²) in [5.41, 5.74) is 3.84. The van der Waals surface area contributed by atoms with Gasteiger partial charge in [0.15, 0.2) is 5.76 Å². The smallest absolute Gasteiger partial charge is 0.287 e. The number of benzene rings is 2. The van der Waals surface area contributed by atoms with Crippen LogP contribution in [-0.4, -0.2) is 31.4 Å². The molecule has 1 heterocycles. The SMILES string of the molecule is Cc1ccc([C@@H](CNC(=O)c2oc3ccc(Cl)cc3c2C)N(C)C)cc1. The lowest BCUT2D eigenvalue weighted by atomic mass is 10.0. The molecule has 0 saturated heterocycles. The minimum atomic E-state index is -0.214. The molecule has 136 valence electrons. The summed E-state index contributed by atoms with van der Waals surface area (Å²) in [6, 6.07) is 13.8. The van der Waals surface area contributed by atoms with Gasteiger partial charge in [0.2, 0.25) is 0 Å². The Bertz CT molecular complexity index is 929. The highest BCUT2D eigenvalue weighted by atomic mass is 35.5. The molecule has 1 aromatic heterocycles. The van der Waals surface area contributed by atoms with Gasteiger partial charge in [-0.3, -0.25) is 4.79 Å². The number of fused-ring (bicyclic) bond motifs is 1. The number of halogens is 1. The molecule has 26 heavy (non-hydrogen) atoms. The van der Waals surface area contributed by atoms with E-state index in [4.69, 9.17) is 16.0 Å². The lowest BCUT2D eigenvalue weighted by Crippen LogP contribution is -2.34. The van der Waals surface area contributed by atoms with Crippen LogP contribution in [0.5, 0.6) is 0 Å². The summed E-state index contributed by atoms with van der Waals surface area (Å²) >= 11 is 6.05. The standard InChI is InChI=1S/C21H23ClN2O2/c1-13-5-7-15(8-6-13)18(24(3)4)12-23-21(25)20-14(2)17-11-16(22)9-10-19(17)26-20/h5-11,18H,12H2,1-4H3,(H,23,25)/t18-/m1/s1. The second-order valence-electron chi connectivity index (χ2n) is 6.80. The van der Waals surface area contributed by atoms with E-state index in [9.17, 15) is 4.79 Å². The number of amides is 1. The third kappa shape index (κ3) is 3.76. The molecule has 0 aliphatic rings. The number of furan rings is 1. The van der Waals surface area contributed by atoms with Crippen molar-refractivity contribution in [1.29, 1.82) is 0 Å². The molecule has 0 aliphatic heterocycles. The molecule has 0 aliphatic carbocycles. The first-order valence-electron chi connectivity index (χ1n) is 8.56. The van der Waals surface area contributed by atoms with Crippen molar-refractivity contribution in [2.24, 2.45) is 0 Å². The van der Waals surface area contributed by atoms with Gasteiger partial charge in [-0.25, -0.2) is 0 Å². The van der Waals surface area contributed by atoms with Crippen LogP contribution < -0.4 is 5.32 Å². The topological polar surface area (TPSA) is 45.5 Å². The second kappa shape index (κ2) is 7.52. The molecule has 0 fully saturated rings. The fraction of sp³-hybridized carbons (Fsp3) is 0.286. The lowest BCUT2D eigenvalue weighted by Gasteiger charge is -2.25. The van der Waals surface area contributed by atoms with E-state index in [-0.39, 0.29) is 11.9 Å². The molecule has 1 atom stereocenters. The van der Waals surface area contributed by atoms with Crippen LogP contribution in [0.3, 0.4) is 0 Å². The van der Waals surface area contributed by atoms with Crippen LogP contribution in [-0.2, 0) is 0 Å². The van der Waals surface area contributed by atoms with Gasteiger partial charge in [-0.1, -0.05) is 41.4 Å². The molecule has 2 aromatic carbocycles. The van der Waals surface area contributed by atoms with Crippen LogP contribution in [0.2, 0.25) is 5.02 Å². The largest absolute Gasteiger partial charge is 0.451 e. The average molecular weight is 371 g/mol. The molecule has 0 saturated carbocycles. The van der Waals surface area contributed by atoms with Crippen molar-refractivity contribution in [2.75, 3.05) is 20.6 Å². The Kier molecular flexibility index (Phi) is 5.35. The van der Waals surface area contributed by atoms with E-state index >= 15 is 0 Å². The minimum Gasteiger partial charge on any atom is -0.451 e. The van der Waals surface area contributed by atoms with Crippen LogP contribution in [0.15, 0.2) is 46.9 Å². The summed E-state index contributed by atoms with van der Waals surface area (Å²) in [5, 5.41) is 4.49. The van der Waals surface area contributed by atoms with Crippen LogP contribution in [0, 0.1) is 13.8 Å².